The van der Waals surface area contributed by atoms with E-state index in [1.807, 2.05) is 6.92 Å². The molecule has 1 fully saturated rings. The van der Waals surface area contributed by atoms with E-state index < -0.39 is 0 Å². The van der Waals surface area contributed by atoms with Crippen LogP contribution < -0.4 is 0 Å². The molecule has 0 unspecified atom stereocenters. The van der Waals surface area contributed by atoms with Crippen molar-refractivity contribution in [1.29, 1.82) is 0 Å². The van der Waals surface area contributed by atoms with Gasteiger partial charge in [0.05, 0.1) is 12.8 Å². The van der Waals surface area contributed by atoms with Gasteiger partial charge in [-0.25, -0.2) is 9.78 Å². The lowest BCUT2D eigenvalue weighted by Crippen LogP contribution is -2.29. The lowest BCUT2D eigenvalue weighted by molar-refractivity contribution is 0.0600. The zero-order chi connectivity index (χ0) is 17.0. The van der Waals surface area contributed by atoms with E-state index in [2.05, 4.69) is 36.7 Å². The molecule has 4 nitrogen and oxygen atoms in total. The standard InChI is InChI=1S/C18H26N2O2S/c1-12(2)15-8-10-20(11-9-15)13(3)6-7-16-14(4)19-17(23-16)18(21)22-5/h6H,7-11H2,1-5H3/b13-6+. The fraction of sp³-hybridized carbons (Fsp3) is 0.556. The SMILES string of the molecule is COC(=O)c1nc(C)c(C/C=C(\C)N2CCC(=C(C)C)CC2)s1. The monoisotopic (exact) mass is 334 g/mol. The Hall–Kier alpha value is -1.62. The van der Waals surface area contributed by atoms with E-state index in [4.69, 9.17) is 4.74 Å². The van der Waals surface area contributed by atoms with Gasteiger partial charge in [-0.3, -0.25) is 0 Å². The number of hydrogen-bond donors (Lipinski definition) is 0. The highest BCUT2D eigenvalue weighted by Gasteiger charge is 2.16. The number of methoxy groups -OCH3 is 1. The predicted octanol–water partition coefficient (Wildman–Crippen LogP) is 4.12. The number of esters is 1. The van der Waals surface area contributed by atoms with Crippen molar-refractivity contribution < 1.29 is 9.53 Å². The molecule has 1 aliphatic rings. The van der Waals surface area contributed by atoms with Gasteiger partial charge in [0.1, 0.15) is 0 Å². The summed E-state index contributed by atoms with van der Waals surface area (Å²) in [5, 5.41) is 0.442. The van der Waals surface area contributed by atoms with Gasteiger partial charge in [0.15, 0.2) is 0 Å². The normalized spacial score (nSPS) is 15.8. The topological polar surface area (TPSA) is 42.4 Å². The van der Waals surface area contributed by atoms with E-state index in [1.165, 1.54) is 42.6 Å². The lowest BCUT2D eigenvalue weighted by atomic mass is 9.99. The van der Waals surface area contributed by atoms with Crippen molar-refractivity contribution in [1.82, 2.24) is 9.88 Å². The summed E-state index contributed by atoms with van der Waals surface area (Å²) in [6.45, 7) is 10.7. The van der Waals surface area contributed by atoms with E-state index in [-0.39, 0.29) is 5.97 Å². The van der Waals surface area contributed by atoms with Gasteiger partial charge in [0.25, 0.3) is 0 Å². The first kappa shape index (κ1) is 17.7. The zero-order valence-corrected chi connectivity index (χ0v) is 15.5. The van der Waals surface area contributed by atoms with Crippen molar-refractivity contribution in [2.45, 2.75) is 47.0 Å². The molecular formula is C18H26N2O2S. The number of aromatic nitrogens is 1. The number of piperidine rings is 1. The van der Waals surface area contributed by atoms with Crippen molar-refractivity contribution in [2.75, 3.05) is 20.2 Å². The highest BCUT2D eigenvalue weighted by atomic mass is 32.1. The van der Waals surface area contributed by atoms with E-state index in [9.17, 15) is 4.79 Å². The number of rotatable bonds is 4. The minimum Gasteiger partial charge on any atom is -0.464 e. The van der Waals surface area contributed by atoms with Crippen LogP contribution in [0.25, 0.3) is 0 Å². The first-order valence-electron chi connectivity index (χ1n) is 8.04. The molecule has 0 aromatic carbocycles. The van der Waals surface area contributed by atoms with Crippen LogP contribution in [0.1, 0.15) is 54.0 Å². The van der Waals surface area contributed by atoms with Crippen LogP contribution in [0.4, 0.5) is 0 Å². The Labute approximate surface area is 142 Å². The summed E-state index contributed by atoms with van der Waals surface area (Å²) in [7, 11) is 1.39. The molecule has 5 heteroatoms. The lowest BCUT2D eigenvalue weighted by Gasteiger charge is -2.31. The number of aryl methyl sites for hydroxylation is 1. The molecule has 0 aliphatic carbocycles. The molecule has 2 rings (SSSR count). The molecule has 0 atom stereocenters. The van der Waals surface area contributed by atoms with Crippen LogP contribution in [0, 0.1) is 6.92 Å². The highest BCUT2D eigenvalue weighted by Crippen LogP contribution is 2.24. The summed E-state index contributed by atoms with van der Waals surface area (Å²) in [6, 6.07) is 0. The fourth-order valence-electron chi connectivity index (χ4n) is 2.79. The Bertz CT molecular complexity index is 629. The first-order valence-corrected chi connectivity index (χ1v) is 8.85. The second kappa shape index (κ2) is 7.77. The smallest absolute Gasteiger partial charge is 0.367 e. The molecule has 2 heterocycles. The molecular weight excluding hydrogens is 308 g/mol. The molecule has 0 spiro atoms. The molecule has 1 aromatic heterocycles. The van der Waals surface area contributed by atoms with E-state index in [1.54, 1.807) is 5.57 Å². The van der Waals surface area contributed by atoms with Gasteiger partial charge < -0.3 is 9.64 Å². The van der Waals surface area contributed by atoms with Crippen LogP contribution in [0.2, 0.25) is 0 Å². The van der Waals surface area contributed by atoms with Crippen LogP contribution in [0.5, 0.6) is 0 Å². The average Bonchev–Trinajstić information content (AvgIpc) is 2.93. The zero-order valence-electron chi connectivity index (χ0n) is 14.7. The van der Waals surface area contributed by atoms with Crippen LogP contribution in [0.15, 0.2) is 22.9 Å². The van der Waals surface area contributed by atoms with Crippen LogP contribution in [-0.2, 0) is 11.2 Å². The maximum Gasteiger partial charge on any atom is 0.367 e. The van der Waals surface area contributed by atoms with Crippen LogP contribution in [0.3, 0.4) is 0 Å². The molecule has 126 valence electrons. The number of ether oxygens (including phenoxy) is 1. The molecule has 0 saturated carbocycles. The molecule has 0 radical (unpaired) electrons. The number of allylic oxidation sites excluding steroid dienone is 3. The Morgan fingerprint density at radius 3 is 2.52 bits per heavy atom. The molecule has 0 N–H and O–H groups in total. The number of thiazole rings is 1. The largest absolute Gasteiger partial charge is 0.464 e. The number of likely N-dealkylation sites (tertiary alicyclic amines) is 1. The van der Waals surface area contributed by atoms with Crippen LogP contribution >= 0.6 is 11.3 Å². The van der Waals surface area contributed by atoms with Crippen molar-refractivity contribution in [2.24, 2.45) is 0 Å². The van der Waals surface area contributed by atoms with Crippen molar-refractivity contribution in [3.63, 3.8) is 0 Å². The summed E-state index contributed by atoms with van der Waals surface area (Å²) in [5.41, 5.74) is 5.31. The second-order valence-electron chi connectivity index (χ2n) is 6.16. The maximum absolute atomic E-state index is 11.5. The third-order valence-corrected chi connectivity index (χ3v) is 5.57. The highest BCUT2D eigenvalue weighted by molar-refractivity contribution is 7.13. The van der Waals surface area contributed by atoms with Crippen molar-refractivity contribution in [3.8, 4) is 0 Å². The van der Waals surface area contributed by atoms with Gasteiger partial charge in [-0.15, -0.1) is 11.3 Å². The Morgan fingerprint density at radius 2 is 1.96 bits per heavy atom. The number of hydrogen-bond acceptors (Lipinski definition) is 5. The van der Waals surface area contributed by atoms with Gasteiger partial charge >= 0.3 is 5.97 Å². The molecule has 23 heavy (non-hydrogen) atoms. The van der Waals surface area contributed by atoms with Gasteiger partial charge in [0.2, 0.25) is 5.01 Å². The van der Waals surface area contributed by atoms with E-state index in [0.717, 1.165) is 30.1 Å². The molecule has 1 aliphatic heterocycles. The Balaban J connectivity index is 1.99. The first-order chi connectivity index (χ1) is 10.9. The van der Waals surface area contributed by atoms with Gasteiger partial charge in [-0.1, -0.05) is 17.2 Å². The number of nitrogens with zero attached hydrogens (tertiary/aromatic N) is 2. The average molecular weight is 334 g/mol. The molecule has 1 saturated heterocycles. The summed E-state index contributed by atoms with van der Waals surface area (Å²) in [6.07, 6.45) is 5.40. The second-order valence-corrected chi connectivity index (χ2v) is 7.24. The van der Waals surface area contributed by atoms with Gasteiger partial charge in [-0.05, 0) is 40.5 Å². The minimum atomic E-state index is -0.352. The van der Waals surface area contributed by atoms with E-state index >= 15 is 0 Å². The molecule has 0 amide bonds. The van der Waals surface area contributed by atoms with E-state index in [0.29, 0.717) is 5.01 Å². The summed E-state index contributed by atoms with van der Waals surface area (Å²) >= 11 is 1.43. The molecule has 0 bridgehead atoms. The predicted molar refractivity (Wildman–Crippen MR) is 94.8 cm³/mol. The fourth-order valence-corrected chi connectivity index (χ4v) is 3.73. The van der Waals surface area contributed by atoms with Gasteiger partial charge in [0, 0.05) is 30.1 Å². The van der Waals surface area contributed by atoms with Gasteiger partial charge in [-0.2, -0.15) is 0 Å². The minimum absolute atomic E-state index is 0.352. The number of carbonyl (C=O) groups excluding carboxylic acids is 1. The van der Waals surface area contributed by atoms with Crippen LogP contribution in [-0.4, -0.2) is 36.1 Å². The van der Waals surface area contributed by atoms with Crippen molar-refractivity contribution >= 4 is 17.3 Å². The summed E-state index contributed by atoms with van der Waals surface area (Å²) in [5.74, 6) is -0.352. The quantitative estimate of drug-likeness (QED) is 0.614. The molecule has 1 aromatic rings. The summed E-state index contributed by atoms with van der Waals surface area (Å²) in [4.78, 5) is 19.4. The summed E-state index contributed by atoms with van der Waals surface area (Å²) < 4.78 is 4.74. The maximum atomic E-state index is 11.5. The third-order valence-electron chi connectivity index (χ3n) is 4.41. The Kier molecular flexibility index (Phi) is 5.99. The van der Waals surface area contributed by atoms with Crippen molar-refractivity contribution in [3.05, 3.63) is 38.5 Å². The Morgan fingerprint density at radius 1 is 1.30 bits per heavy atom. The third kappa shape index (κ3) is 4.44. The number of carbonyl (C=O) groups is 1.